The van der Waals surface area contributed by atoms with Crippen molar-refractivity contribution in [1.29, 1.82) is 0 Å². The number of carbonyl (C=O) groups excluding carboxylic acids is 1. The first-order valence-electron chi connectivity index (χ1n) is 8.16. The summed E-state index contributed by atoms with van der Waals surface area (Å²) in [5.41, 5.74) is 4.69. The maximum absolute atomic E-state index is 12.5. The Morgan fingerprint density at radius 1 is 1.21 bits per heavy atom. The third kappa shape index (κ3) is 2.40. The Balaban J connectivity index is 1.99. The largest absolute Gasteiger partial charge is 0.465 e. The van der Waals surface area contributed by atoms with Gasteiger partial charge in [-0.2, -0.15) is 0 Å². The number of nitrogens with one attached hydrogen (secondary N) is 1. The minimum absolute atomic E-state index is 0.0518. The van der Waals surface area contributed by atoms with Crippen molar-refractivity contribution < 1.29 is 9.21 Å². The van der Waals surface area contributed by atoms with E-state index >= 15 is 0 Å². The molecule has 0 fully saturated rings. The summed E-state index contributed by atoms with van der Waals surface area (Å²) in [4.78, 5) is 17.4. The Hall–Kier alpha value is -2.88. The summed E-state index contributed by atoms with van der Waals surface area (Å²) in [5, 5.41) is 3.69. The highest BCUT2D eigenvalue weighted by molar-refractivity contribution is 6.08. The Labute approximate surface area is 140 Å². The maximum Gasteiger partial charge on any atom is 0.252 e. The van der Waals surface area contributed by atoms with Gasteiger partial charge < -0.3 is 9.73 Å². The van der Waals surface area contributed by atoms with Gasteiger partial charge in [0.2, 0.25) is 0 Å². The van der Waals surface area contributed by atoms with E-state index in [1.807, 2.05) is 42.5 Å². The Morgan fingerprint density at radius 3 is 2.88 bits per heavy atom. The molecule has 0 saturated carbocycles. The van der Waals surface area contributed by atoms with Gasteiger partial charge in [-0.25, -0.2) is 4.98 Å². The van der Waals surface area contributed by atoms with Gasteiger partial charge in [-0.1, -0.05) is 18.2 Å². The van der Waals surface area contributed by atoms with E-state index in [2.05, 4.69) is 5.32 Å². The van der Waals surface area contributed by atoms with E-state index in [1.54, 1.807) is 13.3 Å². The predicted octanol–water partition coefficient (Wildman–Crippen LogP) is 4.06. The Kier molecular flexibility index (Phi) is 3.65. The van der Waals surface area contributed by atoms with Gasteiger partial charge in [-0.05, 0) is 54.7 Å². The number of carbonyl (C=O) groups is 1. The normalized spacial score (nSPS) is 15.5. The van der Waals surface area contributed by atoms with Crippen molar-refractivity contribution in [2.75, 3.05) is 7.05 Å². The van der Waals surface area contributed by atoms with Gasteiger partial charge in [-0.3, -0.25) is 4.79 Å². The molecule has 0 bridgehead atoms. The van der Waals surface area contributed by atoms with Gasteiger partial charge in [0.1, 0.15) is 5.76 Å². The van der Waals surface area contributed by atoms with Crippen molar-refractivity contribution >= 4 is 28.5 Å². The van der Waals surface area contributed by atoms with Crippen LogP contribution in [0.2, 0.25) is 0 Å². The van der Waals surface area contributed by atoms with Crippen LogP contribution in [0.3, 0.4) is 0 Å². The highest BCUT2D eigenvalue weighted by Crippen LogP contribution is 2.36. The average molecular weight is 318 g/mol. The number of nitrogens with zero attached hydrogens (tertiary/aromatic N) is 1. The van der Waals surface area contributed by atoms with Crippen molar-refractivity contribution in [2.45, 2.75) is 19.3 Å². The number of rotatable bonds is 2. The number of para-hydroxylation sites is 1. The molecule has 4 heteroatoms. The minimum atomic E-state index is -0.0518. The number of hydrogen-bond donors (Lipinski definition) is 1. The first-order chi connectivity index (χ1) is 11.8. The van der Waals surface area contributed by atoms with E-state index in [9.17, 15) is 4.79 Å². The molecular formula is C20H18N2O2. The van der Waals surface area contributed by atoms with E-state index < -0.39 is 0 Å². The summed E-state index contributed by atoms with van der Waals surface area (Å²) < 4.78 is 5.45. The van der Waals surface area contributed by atoms with Crippen molar-refractivity contribution in [1.82, 2.24) is 10.3 Å². The van der Waals surface area contributed by atoms with Gasteiger partial charge in [-0.15, -0.1) is 0 Å². The van der Waals surface area contributed by atoms with Crippen LogP contribution in [-0.2, 0) is 6.42 Å². The van der Waals surface area contributed by atoms with E-state index in [0.717, 1.165) is 58.3 Å². The van der Waals surface area contributed by atoms with Crippen molar-refractivity contribution in [3.8, 4) is 0 Å². The number of amides is 1. The fraction of sp³-hybridized carbons (Fsp3) is 0.200. The van der Waals surface area contributed by atoms with Crippen molar-refractivity contribution in [3.63, 3.8) is 0 Å². The number of allylic oxidation sites excluding steroid dienone is 1. The number of fused-ring (bicyclic) bond motifs is 2. The van der Waals surface area contributed by atoms with Gasteiger partial charge in [0.05, 0.1) is 23.0 Å². The van der Waals surface area contributed by atoms with Crippen LogP contribution in [0.4, 0.5) is 0 Å². The zero-order chi connectivity index (χ0) is 16.5. The van der Waals surface area contributed by atoms with Crippen LogP contribution in [0.25, 0.3) is 22.6 Å². The number of pyridine rings is 1. The second-order valence-corrected chi connectivity index (χ2v) is 5.95. The lowest BCUT2D eigenvalue weighted by molar-refractivity contribution is 0.0963. The van der Waals surface area contributed by atoms with Gasteiger partial charge >= 0.3 is 0 Å². The zero-order valence-corrected chi connectivity index (χ0v) is 13.5. The molecule has 0 atom stereocenters. The van der Waals surface area contributed by atoms with Crippen LogP contribution < -0.4 is 5.32 Å². The lowest BCUT2D eigenvalue weighted by Gasteiger charge is -2.22. The van der Waals surface area contributed by atoms with E-state index in [1.165, 1.54) is 0 Å². The van der Waals surface area contributed by atoms with Crippen LogP contribution in [0, 0.1) is 0 Å². The molecule has 24 heavy (non-hydrogen) atoms. The summed E-state index contributed by atoms with van der Waals surface area (Å²) in [6.45, 7) is 0. The smallest absolute Gasteiger partial charge is 0.252 e. The lowest BCUT2D eigenvalue weighted by Crippen LogP contribution is -2.22. The van der Waals surface area contributed by atoms with E-state index in [0.29, 0.717) is 0 Å². The molecule has 0 aliphatic heterocycles. The highest BCUT2D eigenvalue weighted by Gasteiger charge is 2.24. The third-order valence-corrected chi connectivity index (χ3v) is 4.48. The number of aromatic nitrogens is 1. The van der Waals surface area contributed by atoms with Crippen LogP contribution >= 0.6 is 0 Å². The summed E-state index contributed by atoms with van der Waals surface area (Å²) in [6.07, 6.45) is 6.51. The first-order valence-corrected chi connectivity index (χ1v) is 8.16. The van der Waals surface area contributed by atoms with Crippen LogP contribution in [0.5, 0.6) is 0 Å². The molecule has 4 rings (SSSR count). The van der Waals surface area contributed by atoms with Crippen molar-refractivity contribution in [2.24, 2.45) is 0 Å². The fourth-order valence-corrected chi connectivity index (χ4v) is 3.40. The molecule has 1 aliphatic carbocycles. The zero-order valence-electron chi connectivity index (χ0n) is 13.5. The molecule has 3 aromatic rings. The second kappa shape index (κ2) is 5.96. The summed E-state index contributed by atoms with van der Waals surface area (Å²) in [7, 11) is 1.67. The monoisotopic (exact) mass is 318 g/mol. The standard InChI is InChI=1S/C20H18N2O2/c1-21-20(23)18-15-8-2-3-10-17(15)22-19-13(6-4-9-16(18)19)12-14-7-5-11-24-14/h2-3,5,7-8,10-12H,4,6,9H2,1H3,(H,21,23). The molecule has 120 valence electrons. The van der Waals surface area contributed by atoms with E-state index in [4.69, 9.17) is 9.40 Å². The molecule has 4 nitrogen and oxygen atoms in total. The third-order valence-electron chi connectivity index (χ3n) is 4.48. The Bertz CT molecular complexity index is 940. The van der Waals surface area contributed by atoms with Gasteiger partial charge in [0, 0.05) is 12.4 Å². The second-order valence-electron chi connectivity index (χ2n) is 5.95. The van der Waals surface area contributed by atoms with Crippen LogP contribution in [0.15, 0.2) is 47.1 Å². The molecule has 2 heterocycles. The predicted molar refractivity (Wildman–Crippen MR) is 94.7 cm³/mol. The molecule has 1 aromatic carbocycles. The number of benzene rings is 1. The van der Waals surface area contributed by atoms with E-state index in [-0.39, 0.29) is 5.91 Å². The summed E-state index contributed by atoms with van der Waals surface area (Å²) >= 11 is 0. The maximum atomic E-state index is 12.5. The molecule has 0 spiro atoms. The molecular weight excluding hydrogens is 300 g/mol. The molecule has 2 aromatic heterocycles. The SMILES string of the molecule is CNC(=O)c1c2c(nc3ccccc13)C(=Cc1ccco1)CCC2. The summed E-state index contributed by atoms with van der Waals surface area (Å²) in [6, 6.07) is 11.6. The Morgan fingerprint density at radius 2 is 2.08 bits per heavy atom. The highest BCUT2D eigenvalue weighted by atomic mass is 16.3. The van der Waals surface area contributed by atoms with Crippen LogP contribution in [0.1, 0.15) is 40.2 Å². The first kappa shape index (κ1) is 14.7. The van der Waals surface area contributed by atoms with Gasteiger partial charge in [0.15, 0.2) is 0 Å². The number of furan rings is 1. The molecule has 1 amide bonds. The fourth-order valence-electron chi connectivity index (χ4n) is 3.40. The number of hydrogen-bond acceptors (Lipinski definition) is 3. The molecule has 1 aliphatic rings. The molecule has 1 N–H and O–H groups in total. The summed E-state index contributed by atoms with van der Waals surface area (Å²) in [5.74, 6) is 0.762. The van der Waals surface area contributed by atoms with Crippen LogP contribution in [-0.4, -0.2) is 17.9 Å². The minimum Gasteiger partial charge on any atom is -0.465 e. The van der Waals surface area contributed by atoms with Gasteiger partial charge in [0.25, 0.3) is 5.91 Å². The quantitative estimate of drug-likeness (QED) is 0.775. The lowest BCUT2D eigenvalue weighted by atomic mass is 9.86. The molecule has 0 saturated heterocycles. The molecule has 0 radical (unpaired) electrons. The topological polar surface area (TPSA) is 55.1 Å². The average Bonchev–Trinajstić information content (AvgIpc) is 3.12. The van der Waals surface area contributed by atoms with Crippen molar-refractivity contribution in [3.05, 3.63) is 65.2 Å². The molecule has 0 unspecified atom stereocenters.